The molecule has 0 aliphatic heterocycles. The van der Waals surface area contributed by atoms with Gasteiger partial charge in [0, 0.05) is 12.6 Å². The fourth-order valence-corrected chi connectivity index (χ4v) is 1.67. The van der Waals surface area contributed by atoms with Crippen LogP contribution in [0.2, 0.25) is 0 Å². The van der Waals surface area contributed by atoms with Crippen molar-refractivity contribution in [3.8, 4) is 0 Å². The van der Waals surface area contributed by atoms with Crippen LogP contribution in [0.15, 0.2) is 18.3 Å². The van der Waals surface area contributed by atoms with Crippen LogP contribution < -0.4 is 11.3 Å². The molecule has 6 heteroatoms. The van der Waals surface area contributed by atoms with Gasteiger partial charge in [0.25, 0.3) is 0 Å². The average Bonchev–Trinajstić information content (AvgIpc) is 2.29. The molecule has 0 aliphatic rings. The first-order valence-corrected chi connectivity index (χ1v) is 5.44. The van der Waals surface area contributed by atoms with Crippen LogP contribution >= 0.6 is 0 Å². The van der Waals surface area contributed by atoms with E-state index in [1.807, 2.05) is 13.0 Å². The van der Waals surface area contributed by atoms with E-state index in [1.165, 1.54) is 0 Å². The third-order valence-electron chi connectivity index (χ3n) is 2.55. The lowest BCUT2D eigenvalue weighted by atomic mass is 10.0. The van der Waals surface area contributed by atoms with Crippen LogP contribution in [-0.2, 0) is 6.42 Å². The van der Waals surface area contributed by atoms with Crippen molar-refractivity contribution in [3.05, 3.63) is 29.6 Å². The van der Waals surface area contributed by atoms with Crippen LogP contribution in [0, 0.1) is 0 Å². The zero-order valence-electron chi connectivity index (χ0n) is 9.59. The molecule has 0 saturated heterocycles. The highest BCUT2D eigenvalue weighted by Gasteiger charge is 2.29. The minimum Gasteiger partial charge on any atom is -0.271 e. The molecule has 0 fully saturated rings. The van der Waals surface area contributed by atoms with E-state index in [9.17, 15) is 13.2 Å². The van der Waals surface area contributed by atoms with Crippen LogP contribution in [0.1, 0.15) is 37.1 Å². The molecule has 1 aromatic rings. The first kappa shape index (κ1) is 13.9. The maximum absolute atomic E-state index is 12.2. The summed E-state index contributed by atoms with van der Waals surface area (Å²) in [5, 5.41) is 0. The van der Waals surface area contributed by atoms with E-state index < -0.39 is 18.6 Å². The quantitative estimate of drug-likeness (QED) is 0.621. The normalized spacial score (nSPS) is 13.7. The van der Waals surface area contributed by atoms with Gasteiger partial charge in [0.1, 0.15) is 0 Å². The fourth-order valence-electron chi connectivity index (χ4n) is 1.67. The molecule has 1 unspecified atom stereocenters. The van der Waals surface area contributed by atoms with E-state index in [4.69, 9.17) is 5.84 Å². The number of rotatable bonds is 5. The Balaban J connectivity index is 2.79. The van der Waals surface area contributed by atoms with Gasteiger partial charge in [-0.1, -0.05) is 13.0 Å². The predicted octanol–water partition coefficient (Wildman–Crippen LogP) is 2.49. The number of hydrogen-bond donors (Lipinski definition) is 2. The molecule has 17 heavy (non-hydrogen) atoms. The minimum absolute atomic E-state index is 0.107. The number of nitrogens with one attached hydrogen (secondary N) is 1. The lowest BCUT2D eigenvalue weighted by Gasteiger charge is -2.18. The maximum Gasteiger partial charge on any atom is 0.389 e. The summed E-state index contributed by atoms with van der Waals surface area (Å²) in [5.41, 5.74) is 3.92. The fraction of sp³-hybridized carbons (Fsp3) is 0.545. The molecule has 3 nitrogen and oxygen atoms in total. The minimum atomic E-state index is -4.17. The molecule has 3 N–H and O–H groups in total. The summed E-state index contributed by atoms with van der Waals surface area (Å²) in [4.78, 5) is 4.11. The maximum atomic E-state index is 12.2. The second-order valence-corrected chi connectivity index (χ2v) is 3.77. The summed E-state index contributed by atoms with van der Waals surface area (Å²) in [7, 11) is 0. The zero-order valence-corrected chi connectivity index (χ0v) is 9.59. The van der Waals surface area contributed by atoms with Crippen molar-refractivity contribution in [2.24, 2.45) is 5.84 Å². The van der Waals surface area contributed by atoms with Crippen molar-refractivity contribution in [2.75, 3.05) is 0 Å². The molecule has 0 aromatic carbocycles. The highest BCUT2D eigenvalue weighted by Crippen LogP contribution is 2.27. The Kier molecular flexibility index (Phi) is 4.89. The van der Waals surface area contributed by atoms with Crippen LogP contribution in [0.3, 0.4) is 0 Å². The average molecular weight is 247 g/mol. The van der Waals surface area contributed by atoms with Crippen LogP contribution in [0.4, 0.5) is 13.2 Å². The first-order chi connectivity index (χ1) is 7.98. The smallest absolute Gasteiger partial charge is 0.271 e. The molecule has 0 radical (unpaired) electrons. The second-order valence-electron chi connectivity index (χ2n) is 3.77. The van der Waals surface area contributed by atoms with Gasteiger partial charge in [0.2, 0.25) is 0 Å². The Bertz CT molecular complexity index is 352. The van der Waals surface area contributed by atoms with Crippen molar-refractivity contribution in [2.45, 2.75) is 38.4 Å². The Labute approximate surface area is 98.2 Å². The van der Waals surface area contributed by atoms with Gasteiger partial charge < -0.3 is 0 Å². The standard InChI is InChI=1S/C11H16F3N3/c1-2-8-4-3-7-16-10(8)9(17-15)5-6-11(12,13)14/h3-4,7,9,17H,2,5-6,15H2,1H3. The van der Waals surface area contributed by atoms with E-state index in [0.29, 0.717) is 12.1 Å². The molecule has 0 aliphatic carbocycles. The largest absolute Gasteiger partial charge is 0.389 e. The zero-order chi connectivity index (χ0) is 12.9. The van der Waals surface area contributed by atoms with Crippen molar-refractivity contribution < 1.29 is 13.2 Å². The van der Waals surface area contributed by atoms with Gasteiger partial charge in [0.15, 0.2) is 0 Å². The molecule has 1 aromatic heterocycles. The van der Waals surface area contributed by atoms with E-state index in [0.717, 1.165) is 5.56 Å². The third-order valence-corrected chi connectivity index (χ3v) is 2.55. The van der Waals surface area contributed by atoms with E-state index in [2.05, 4.69) is 10.4 Å². The van der Waals surface area contributed by atoms with Gasteiger partial charge in [-0.2, -0.15) is 13.2 Å². The van der Waals surface area contributed by atoms with E-state index in [-0.39, 0.29) is 6.42 Å². The summed E-state index contributed by atoms with van der Waals surface area (Å²) >= 11 is 0. The SMILES string of the molecule is CCc1cccnc1C(CCC(F)(F)F)NN. The van der Waals surface area contributed by atoms with Crippen molar-refractivity contribution in [1.82, 2.24) is 10.4 Å². The van der Waals surface area contributed by atoms with Gasteiger partial charge >= 0.3 is 6.18 Å². The number of hydrogen-bond acceptors (Lipinski definition) is 3. The molecular weight excluding hydrogens is 231 g/mol. The topological polar surface area (TPSA) is 50.9 Å². The molecule has 1 heterocycles. The molecule has 0 amide bonds. The molecule has 1 atom stereocenters. The lowest BCUT2D eigenvalue weighted by Crippen LogP contribution is -2.30. The Morgan fingerprint density at radius 3 is 2.71 bits per heavy atom. The van der Waals surface area contributed by atoms with Crippen molar-refractivity contribution in [3.63, 3.8) is 0 Å². The number of aryl methyl sites for hydroxylation is 1. The Hall–Kier alpha value is -1.14. The van der Waals surface area contributed by atoms with E-state index >= 15 is 0 Å². The summed E-state index contributed by atoms with van der Waals surface area (Å²) in [5.74, 6) is 5.30. The monoisotopic (exact) mass is 247 g/mol. The van der Waals surface area contributed by atoms with Crippen LogP contribution in [-0.4, -0.2) is 11.2 Å². The molecule has 0 bridgehead atoms. The van der Waals surface area contributed by atoms with E-state index in [1.54, 1.807) is 12.3 Å². The van der Waals surface area contributed by atoms with Gasteiger partial charge in [-0.3, -0.25) is 16.3 Å². The van der Waals surface area contributed by atoms with Crippen LogP contribution in [0.5, 0.6) is 0 Å². The number of alkyl halides is 3. The van der Waals surface area contributed by atoms with Gasteiger partial charge in [-0.25, -0.2) is 0 Å². The number of nitrogens with zero attached hydrogens (tertiary/aromatic N) is 1. The highest BCUT2D eigenvalue weighted by molar-refractivity contribution is 5.22. The Morgan fingerprint density at radius 2 is 2.18 bits per heavy atom. The molecule has 1 rings (SSSR count). The predicted molar refractivity (Wildman–Crippen MR) is 59.0 cm³/mol. The third kappa shape index (κ3) is 4.32. The van der Waals surface area contributed by atoms with Gasteiger partial charge in [0.05, 0.1) is 11.7 Å². The summed E-state index contributed by atoms with van der Waals surface area (Å²) in [6.45, 7) is 1.93. The van der Waals surface area contributed by atoms with Crippen molar-refractivity contribution >= 4 is 0 Å². The Morgan fingerprint density at radius 1 is 1.47 bits per heavy atom. The van der Waals surface area contributed by atoms with Crippen LogP contribution in [0.25, 0.3) is 0 Å². The summed E-state index contributed by atoms with van der Waals surface area (Å²) in [6.07, 6.45) is -2.87. The number of pyridine rings is 1. The number of aromatic nitrogens is 1. The van der Waals surface area contributed by atoms with Crippen molar-refractivity contribution in [1.29, 1.82) is 0 Å². The number of nitrogens with two attached hydrogens (primary N) is 1. The molecule has 96 valence electrons. The molecular formula is C11H16F3N3. The number of hydrazine groups is 1. The van der Waals surface area contributed by atoms with Gasteiger partial charge in [-0.05, 0) is 24.5 Å². The molecule has 0 spiro atoms. The highest BCUT2D eigenvalue weighted by atomic mass is 19.4. The number of halogens is 3. The summed E-state index contributed by atoms with van der Waals surface area (Å²) in [6, 6.07) is 3.05. The van der Waals surface area contributed by atoms with Gasteiger partial charge in [-0.15, -0.1) is 0 Å². The first-order valence-electron chi connectivity index (χ1n) is 5.44. The molecule has 0 saturated carbocycles. The lowest BCUT2D eigenvalue weighted by molar-refractivity contribution is -0.136. The second kappa shape index (κ2) is 5.97. The summed E-state index contributed by atoms with van der Waals surface area (Å²) < 4.78 is 36.5.